The number of allylic oxidation sites excluding steroid dienone is 3. The third-order valence-corrected chi connectivity index (χ3v) is 12.0. The van der Waals surface area contributed by atoms with E-state index in [2.05, 4.69) is 201 Å². The lowest BCUT2D eigenvalue weighted by molar-refractivity contribution is 0.752. The highest BCUT2D eigenvalue weighted by Crippen LogP contribution is 2.64. The van der Waals surface area contributed by atoms with E-state index in [9.17, 15) is 0 Å². The van der Waals surface area contributed by atoms with E-state index < -0.39 is 5.41 Å². The molecule has 0 atom stereocenters. The van der Waals surface area contributed by atoms with Crippen LogP contribution in [0.2, 0.25) is 0 Å². The predicted molar refractivity (Wildman–Crippen MR) is 230 cm³/mol. The lowest BCUT2D eigenvalue weighted by atomic mass is 9.64. The molecule has 0 radical (unpaired) electrons. The minimum Gasteiger partial charge on any atom is -0.310 e. The second-order valence-electron chi connectivity index (χ2n) is 14.9. The van der Waals surface area contributed by atoms with Gasteiger partial charge in [0.25, 0.3) is 0 Å². The summed E-state index contributed by atoms with van der Waals surface area (Å²) in [6, 6.07) is 66.8. The van der Waals surface area contributed by atoms with Gasteiger partial charge in [-0.2, -0.15) is 0 Å². The number of aliphatic imine (C=N–C) groups is 1. The van der Waals surface area contributed by atoms with Crippen LogP contribution in [0.3, 0.4) is 0 Å². The van der Waals surface area contributed by atoms with Crippen molar-refractivity contribution < 1.29 is 0 Å². The van der Waals surface area contributed by atoms with Crippen molar-refractivity contribution >= 4 is 34.0 Å². The normalized spacial score (nSPS) is 16.8. The fourth-order valence-corrected chi connectivity index (χ4v) is 9.68. The molecule has 55 heavy (non-hydrogen) atoms. The minimum absolute atomic E-state index is 0.533. The van der Waals surface area contributed by atoms with Crippen LogP contribution in [0.25, 0.3) is 22.4 Å². The van der Waals surface area contributed by atoms with Gasteiger partial charge in [0, 0.05) is 16.8 Å². The fraction of sp³-hybridized carbons (Fsp3) is 0.113. The molecule has 0 N–H and O–H groups in total. The lowest BCUT2D eigenvalue weighted by Gasteiger charge is -2.45. The molecule has 7 aromatic rings. The third-order valence-electron chi connectivity index (χ3n) is 12.0. The van der Waals surface area contributed by atoms with Crippen LogP contribution in [-0.4, -0.2) is 5.71 Å². The van der Waals surface area contributed by atoms with Gasteiger partial charge in [-0.3, -0.25) is 0 Å². The van der Waals surface area contributed by atoms with E-state index in [0.717, 1.165) is 41.9 Å². The molecule has 0 amide bonds. The van der Waals surface area contributed by atoms with Gasteiger partial charge in [-0.15, -0.1) is 0 Å². The van der Waals surface area contributed by atoms with Crippen molar-refractivity contribution in [2.45, 2.75) is 38.5 Å². The first-order chi connectivity index (χ1) is 27.2. The van der Waals surface area contributed by atoms with Crippen LogP contribution in [0.1, 0.15) is 72.1 Å². The molecule has 2 aliphatic heterocycles. The minimum atomic E-state index is -0.533. The summed E-state index contributed by atoms with van der Waals surface area (Å²) in [4.78, 5) is 8.29. The maximum atomic E-state index is 5.84. The van der Waals surface area contributed by atoms with Crippen molar-refractivity contribution in [2.75, 3.05) is 4.90 Å². The zero-order valence-electron chi connectivity index (χ0n) is 31.3. The highest BCUT2D eigenvalue weighted by Gasteiger charge is 2.52. The molecular formula is C53H42N2. The Bertz CT molecular complexity index is 2630. The van der Waals surface area contributed by atoms with E-state index in [1.54, 1.807) is 0 Å². The number of anilines is 3. The van der Waals surface area contributed by atoms with Crippen LogP contribution in [0.15, 0.2) is 198 Å². The molecule has 3 aliphatic rings. The Morgan fingerprint density at radius 3 is 1.69 bits per heavy atom. The topological polar surface area (TPSA) is 15.6 Å². The molecule has 0 fully saturated rings. The maximum Gasteiger partial charge on any atom is 0.0754 e. The molecule has 0 saturated carbocycles. The molecule has 10 rings (SSSR count). The molecule has 2 heterocycles. The van der Waals surface area contributed by atoms with E-state index in [0.29, 0.717) is 0 Å². The van der Waals surface area contributed by atoms with Crippen LogP contribution >= 0.6 is 0 Å². The Kier molecular flexibility index (Phi) is 8.07. The Morgan fingerprint density at radius 1 is 0.509 bits per heavy atom. The van der Waals surface area contributed by atoms with Gasteiger partial charge in [0.2, 0.25) is 0 Å². The molecule has 2 nitrogen and oxygen atoms in total. The largest absolute Gasteiger partial charge is 0.310 e. The molecule has 0 unspecified atom stereocenters. The van der Waals surface area contributed by atoms with Gasteiger partial charge in [0.15, 0.2) is 0 Å². The third kappa shape index (κ3) is 5.05. The number of hydrogen-bond acceptors (Lipinski definition) is 2. The summed E-state index contributed by atoms with van der Waals surface area (Å²) >= 11 is 0. The first-order valence-corrected chi connectivity index (χ1v) is 19.6. The Morgan fingerprint density at radius 2 is 1.04 bits per heavy atom. The molecule has 0 saturated heterocycles. The van der Waals surface area contributed by atoms with E-state index in [1.807, 2.05) is 0 Å². The van der Waals surface area contributed by atoms with Crippen LogP contribution < -0.4 is 4.90 Å². The SMILES string of the molecule is CCC1=C(c2ccccc2)CC/C(C)=C(\c2ccccc2)N=C1c1cccc2c1-c1ccccc1C21c2ccccc2N(c2ccccc2)c2ccccc21. The average Bonchev–Trinajstić information content (AvgIpc) is 3.54. The standard InChI is InChI=1S/C53H42N2/c1-3-40-41(37-20-7-4-8-21-37)35-34-36(2)51(38-22-9-5-10-23-38)54-52(40)43-27-19-31-47-50(43)42-26-13-14-28-44(42)53(47)45-29-15-17-32-48(45)55(39-24-11-6-12-25-39)49-33-18-16-30-46(49)53/h4-33H,3,34-35H2,1-2H3/b41-40?,51-36+,54-52?. The smallest absolute Gasteiger partial charge is 0.0754 e. The van der Waals surface area contributed by atoms with E-state index >= 15 is 0 Å². The van der Waals surface area contributed by atoms with Gasteiger partial charge in [-0.25, -0.2) is 4.99 Å². The maximum absolute atomic E-state index is 5.84. The summed E-state index contributed by atoms with van der Waals surface area (Å²) in [5.74, 6) is 0. The number of nitrogens with zero attached hydrogens (tertiary/aromatic N) is 2. The zero-order chi connectivity index (χ0) is 36.9. The second-order valence-corrected chi connectivity index (χ2v) is 14.9. The number of para-hydroxylation sites is 3. The van der Waals surface area contributed by atoms with Crippen molar-refractivity contribution in [3.63, 3.8) is 0 Å². The monoisotopic (exact) mass is 706 g/mol. The fourth-order valence-electron chi connectivity index (χ4n) is 9.68. The zero-order valence-corrected chi connectivity index (χ0v) is 31.3. The summed E-state index contributed by atoms with van der Waals surface area (Å²) in [6.45, 7) is 4.58. The molecule has 7 aromatic carbocycles. The summed E-state index contributed by atoms with van der Waals surface area (Å²) in [5.41, 5.74) is 20.6. The van der Waals surface area contributed by atoms with Crippen molar-refractivity contribution in [1.82, 2.24) is 0 Å². The Hall–Kier alpha value is -6.51. The quantitative estimate of drug-likeness (QED) is 0.174. The Balaban J connectivity index is 1.31. The highest BCUT2D eigenvalue weighted by molar-refractivity contribution is 6.22. The van der Waals surface area contributed by atoms with Crippen LogP contribution in [0.5, 0.6) is 0 Å². The van der Waals surface area contributed by atoms with Gasteiger partial charge in [0.05, 0.1) is 28.2 Å². The van der Waals surface area contributed by atoms with Crippen molar-refractivity contribution in [1.29, 1.82) is 0 Å². The lowest BCUT2D eigenvalue weighted by Crippen LogP contribution is -2.36. The van der Waals surface area contributed by atoms with Gasteiger partial charge < -0.3 is 4.90 Å². The number of rotatable bonds is 5. The highest BCUT2D eigenvalue weighted by atomic mass is 15.2. The summed E-state index contributed by atoms with van der Waals surface area (Å²) in [7, 11) is 0. The first-order valence-electron chi connectivity index (χ1n) is 19.6. The van der Waals surface area contributed by atoms with Crippen molar-refractivity contribution in [2.24, 2.45) is 4.99 Å². The van der Waals surface area contributed by atoms with E-state index in [-0.39, 0.29) is 0 Å². The first kappa shape index (κ1) is 33.1. The summed E-state index contributed by atoms with van der Waals surface area (Å²) < 4.78 is 0. The number of benzene rings is 7. The van der Waals surface area contributed by atoms with Crippen molar-refractivity contribution in [3.05, 3.63) is 232 Å². The van der Waals surface area contributed by atoms with Gasteiger partial charge in [-0.05, 0) is 106 Å². The van der Waals surface area contributed by atoms with Crippen LogP contribution in [-0.2, 0) is 5.41 Å². The molecule has 1 aliphatic carbocycles. The molecule has 2 heteroatoms. The number of hydrogen-bond donors (Lipinski definition) is 0. The van der Waals surface area contributed by atoms with E-state index in [4.69, 9.17) is 4.99 Å². The van der Waals surface area contributed by atoms with Gasteiger partial charge >= 0.3 is 0 Å². The molecule has 1 spiro atoms. The molecule has 264 valence electrons. The number of fused-ring (bicyclic) bond motifs is 9. The summed E-state index contributed by atoms with van der Waals surface area (Å²) in [5, 5.41) is 0. The Labute approximate surface area is 324 Å². The predicted octanol–water partition coefficient (Wildman–Crippen LogP) is 13.7. The van der Waals surface area contributed by atoms with E-state index in [1.165, 1.54) is 72.6 Å². The molecular weight excluding hydrogens is 665 g/mol. The van der Waals surface area contributed by atoms with Gasteiger partial charge in [-0.1, -0.05) is 165 Å². The van der Waals surface area contributed by atoms with Gasteiger partial charge in [0.1, 0.15) is 0 Å². The molecule has 0 bridgehead atoms. The summed E-state index contributed by atoms with van der Waals surface area (Å²) in [6.07, 6.45) is 2.79. The average molecular weight is 707 g/mol. The van der Waals surface area contributed by atoms with Crippen molar-refractivity contribution in [3.8, 4) is 11.1 Å². The van der Waals surface area contributed by atoms with Crippen LogP contribution in [0.4, 0.5) is 17.1 Å². The van der Waals surface area contributed by atoms with Crippen LogP contribution in [0, 0.1) is 0 Å². The molecule has 0 aromatic heterocycles. The second kappa shape index (κ2) is 13.4.